The lowest BCUT2D eigenvalue weighted by atomic mass is 10.2. The van der Waals surface area contributed by atoms with Gasteiger partial charge in [0, 0.05) is 25.4 Å². The first-order valence-corrected chi connectivity index (χ1v) is 5.39. The lowest BCUT2D eigenvalue weighted by molar-refractivity contribution is 0.599. The number of rotatable bonds is 1. The zero-order valence-corrected chi connectivity index (χ0v) is 9.11. The summed E-state index contributed by atoms with van der Waals surface area (Å²) in [4.78, 5) is 6.55. The summed E-state index contributed by atoms with van der Waals surface area (Å²) < 4.78 is 2.71. The quantitative estimate of drug-likeness (QED) is 0.775. The van der Waals surface area contributed by atoms with E-state index in [4.69, 9.17) is 0 Å². The van der Waals surface area contributed by atoms with Gasteiger partial charge in [-0.15, -0.1) is 0 Å². The second-order valence-corrected chi connectivity index (χ2v) is 4.19. The molecule has 0 N–H and O–H groups in total. The molecule has 72 valence electrons. The number of fused-ring (bicyclic) bond motifs is 1. The molecular formula is C9H9BrN4. The maximum absolute atomic E-state index is 4.35. The van der Waals surface area contributed by atoms with E-state index >= 15 is 0 Å². The molecule has 0 aromatic carbocycles. The maximum Gasteiger partial charge on any atom is 0.158 e. The van der Waals surface area contributed by atoms with Gasteiger partial charge in [-0.2, -0.15) is 9.61 Å². The van der Waals surface area contributed by atoms with Crippen LogP contribution >= 0.6 is 15.9 Å². The molecule has 0 spiro atoms. The van der Waals surface area contributed by atoms with Gasteiger partial charge in [-0.05, 0) is 28.4 Å². The van der Waals surface area contributed by atoms with Crippen LogP contribution in [-0.2, 0) is 0 Å². The van der Waals surface area contributed by atoms with Crippen molar-refractivity contribution in [2.45, 2.75) is 6.42 Å². The van der Waals surface area contributed by atoms with Crippen LogP contribution in [-0.4, -0.2) is 27.7 Å². The Morgan fingerprint density at radius 1 is 1.36 bits per heavy atom. The van der Waals surface area contributed by atoms with E-state index in [0.29, 0.717) is 0 Å². The molecule has 1 aliphatic rings. The number of nitrogens with zero attached hydrogens (tertiary/aromatic N) is 4. The largest absolute Gasteiger partial charge is 0.356 e. The van der Waals surface area contributed by atoms with Crippen LogP contribution in [0, 0.1) is 0 Å². The number of halogens is 1. The molecule has 0 aliphatic carbocycles. The van der Waals surface area contributed by atoms with Crippen LogP contribution in [0.2, 0.25) is 0 Å². The summed E-state index contributed by atoms with van der Waals surface area (Å²) in [6.45, 7) is 2.24. The van der Waals surface area contributed by atoms with Crippen LogP contribution in [0.3, 0.4) is 0 Å². The summed E-state index contributed by atoms with van der Waals surface area (Å²) in [5.41, 5.74) is 0.890. The Bertz CT molecular complexity index is 475. The Kier molecular flexibility index (Phi) is 1.73. The Morgan fingerprint density at radius 3 is 2.93 bits per heavy atom. The van der Waals surface area contributed by atoms with Crippen LogP contribution in [0.25, 0.3) is 5.65 Å². The van der Waals surface area contributed by atoms with E-state index in [1.165, 1.54) is 6.42 Å². The summed E-state index contributed by atoms with van der Waals surface area (Å²) in [5.74, 6) is 1.13. The third-order valence-corrected chi connectivity index (χ3v) is 2.88. The van der Waals surface area contributed by atoms with Gasteiger partial charge in [-0.25, -0.2) is 4.98 Å². The van der Waals surface area contributed by atoms with E-state index in [1.807, 2.05) is 22.8 Å². The topological polar surface area (TPSA) is 33.4 Å². The van der Waals surface area contributed by atoms with E-state index in [1.54, 1.807) is 0 Å². The normalized spacial score (nSPS) is 15.9. The van der Waals surface area contributed by atoms with Gasteiger partial charge in [0.15, 0.2) is 5.65 Å². The van der Waals surface area contributed by atoms with Crippen molar-refractivity contribution in [1.29, 1.82) is 0 Å². The minimum Gasteiger partial charge on any atom is -0.356 e. The molecule has 3 rings (SSSR count). The smallest absolute Gasteiger partial charge is 0.158 e. The summed E-state index contributed by atoms with van der Waals surface area (Å²) >= 11 is 3.36. The Hall–Kier alpha value is -1.10. The molecule has 0 radical (unpaired) electrons. The summed E-state index contributed by atoms with van der Waals surface area (Å²) in [7, 11) is 0. The van der Waals surface area contributed by atoms with Gasteiger partial charge in [0.05, 0.1) is 0 Å². The van der Waals surface area contributed by atoms with Gasteiger partial charge < -0.3 is 4.90 Å². The predicted molar refractivity (Wildman–Crippen MR) is 57.5 cm³/mol. The average molecular weight is 253 g/mol. The second kappa shape index (κ2) is 2.95. The summed E-state index contributed by atoms with van der Waals surface area (Å²) in [6, 6.07) is 3.93. The maximum atomic E-state index is 4.35. The minimum atomic E-state index is 0.831. The molecule has 1 aliphatic heterocycles. The molecule has 2 aromatic rings. The number of aromatic nitrogens is 3. The molecule has 0 unspecified atom stereocenters. The van der Waals surface area contributed by atoms with Crippen molar-refractivity contribution >= 4 is 27.4 Å². The third kappa shape index (κ3) is 1.12. The highest BCUT2D eigenvalue weighted by atomic mass is 79.9. The molecule has 14 heavy (non-hydrogen) atoms. The fourth-order valence-corrected chi connectivity index (χ4v) is 2.00. The Labute approximate surface area is 89.7 Å². The van der Waals surface area contributed by atoms with Crippen molar-refractivity contribution < 1.29 is 0 Å². The monoisotopic (exact) mass is 252 g/mol. The van der Waals surface area contributed by atoms with Crippen molar-refractivity contribution in [3.05, 3.63) is 22.9 Å². The van der Waals surface area contributed by atoms with Gasteiger partial charge in [-0.1, -0.05) is 0 Å². The van der Waals surface area contributed by atoms with Crippen molar-refractivity contribution in [2.75, 3.05) is 18.0 Å². The van der Waals surface area contributed by atoms with Gasteiger partial charge >= 0.3 is 0 Å². The van der Waals surface area contributed by atoms with E-state index in [2.05, 4.69) is 30.9 Å². The zero-order valence-electron chi connectivity index (χ0n) is 7.52. The fourth-order valence-electron chi connectivity index (χ4n) is 1.64. The summed E-state index contributed by atoms with van der Waals surface area (Å²) in [6.07, 6.45) is 3.10. The first kappa shape index (κ1) is 8.23. The van der Waals surface area contributed by atoms with Crippen LogP contribution < -0.4 is 4.90 Å². The van der Waals surface area contributed by atoms with Crippen LogP contribution in [0.5, 0.6) is 0 Å². The molecule has 0 amide bonds. The predicted octanol–water partition coefficient (Wildman–Crippen LogP) is 1.70. The van der Waals surface area contributed by atoms with E-state index in [-0.39, 0.29) is 0 Å². The molecule has 1 saturated heterocycles. The standard InChI is InChI=1S/C9H9BrN4/c10-7-6-8-11-3-2-9(14(8)12-7)13-4-1-5-13/h2-3,6H,1,4-5H2. The van der Waals surface area contributed by atoms with Crippen LogP contribution in [0.1, 0.15) is 6.42 Å². The zero-order chi connectivity index (χ0) is 9.54. The number of anilines is 1. The van der Waals surface area contributed by atoms with Crippen molar-refractivity contribution in [3.8, 4) is 0 Å². The number of hydrogen-bond donors (Lipinski definition) is 0. The number of hydrogen-bond acceptors (Lipinski definition) is 3. The van der Waals surface area contributed by atoms with Gasteiger partial charge in [0.2, 0.25) is 0 Å². The fraction of sp³-hybridized carbons (Fsp3) is 0.333. The second-order valence-electron chi connectivity index (χ2n) is 3.38. The molecule has 1 fully saturated rings. The van der Waals surface area contributed by atoms with Gasteiger partial charge in [0.1, 0.15) is 10.4 Å². The Morgan fingerprint density at radius 2 is 2.21 bits per heavy atom. The molecular weight excluding hydrogens is 244 g/mol. The lowest BCUT2D eigenvalue weighted by Crippen LogP contribution is -2.38. The van der Waals surface area contributed by atoms with E-state index < -0.39 is 0 Å². The molecule has 2 aromatic heterocycles. The van der Waals surface area contributed by atoms with E-state index in [0.717, 1.165) is 29.2 Å². The van der Waals surface area contributed by atoms with Crippen molar-refractivity contribution in [1.82, 2.24) is 14.6 Å². The highest BCUT2D eigenvalue weighted by molar-refractivity contribution is 9.10. The lowest BCUT2D eigenvalue weighted by Gasteiger charge is -2.32. The molecule has 3 heterocycles. The average Bonchev–Trinajstić information content (AvgIpc) is 2.43. The van der Waals surface area contributed by atoms with Crippen molar-refractivity contribution in [3.63, 3.8) is 0 Å². The molecule has 4 nitrogen and oxygen atoms in total. The van der Waals surface area contributed by atoms with Crippen molar-refractivity contribution in [2.24, 2.45) is 0 Å². The highest BCUT2D eigenvalue weighted by Crippen LogP contribution is 2.21. The summed E-state index contributed by atoms with van der Waals surface area (Å²) in [5, 5.41) is 4.35. The minimum absolute atomic E-state index is 0.831. The first-order valence-electron chi connectivity index (χ1n) is 4.60. The molecule has 0 atom stereocenters. The SMILES string of the molecule is Brc1cc2nccc(N3CCC3)n2n1. The van der Waals surface area contributed by atoms with Gasteiger partial charge in [-0.3, -0.25) is 0 Å². The van der Waals surface area contributed by atoms with E-state index in [9.17, 15) is 0 Å². The highest BCUT2D eigenvalue weighted by Gasteiger charge is 2.17. The Balaban J connectivity index is 2.21. The van der Waals surface area contributed by atoms with Gasteiger partial charge in [0.25, 0.3) is 0 Å². The third-order valence-electron chi connectivity index (χ3n) is 2.49. The molecule has 5 heteroatoms. The van der Waals surface area contributed by atoms with Crippen LogP contribution in [0.15, 0.2) is 22.9 Å². The first-order chi connectivity index (χ1) is 6.84. The van der Waals surface area contributed by atoms with Crippen LogP contribution in [0.4, 0.5) is 5.82 Å². The molecule has 0 bridgehead atoms. The molecule has 0 saturated carbocycles.